The van der Waals surface area contributed by atoms with Crippen molar-refractivity contribution in [1.82, 2.24) is 0 Å². The molecule has 2 heterocycles. The molecule has 2 aromatic heterocycles. The Morgan fingerprint density at radius 1 is 0.903 bits per heavy atom. The highest BCUT2D eigenvalue weighted by atomic mass is 19.1. The predicted octanol–water partition coefficient (Wildman–Crippen LogP) is 7.05. The molecule has 0 aliphatic rings. The van der Waals surface area contributed by atoms with E-state index in [9.17, 15) is 0 Å². The predicted molar refractivity (Wildman–Crippen MR) is 121 cm³/mol. The summed E-state index contributed by atoms with van der Waals surface area (Å²) in [6, 6.07) is 19.0. The summed E-state index contributed by atoms with van der Waals surface area (Å²) in [7, 11) is 2.00. The molecule has 5 rings (SSSR count). The van der Waals surface area contributed by atoms with Gasteiger partial charge in [0.15, 0.2) is 6.20 Å². The Balaban J connectivity index is 1.96. The van der Waals surface area contributed by atoms with Gasteiger partial charge in [0.25, 0.3) is 0 Å². The lowest BCUT2D eigenvalue weighted by molar-refractivity contribution is -0.660. The van der Waals surface area contributed by atoms with Crippen LogP contribution in [0.4, 0.5) is 10.1 Å². The summed E-state index contributed by atoms with van der Waals surface area (Å²) in [5.41, 5.74) is 6.70. The number of fused-ring (bicyclic) bond motifs is 3. The van der Waals surface area contributed by atoms with E-state index in [4.69, 9.17) is 11.0 Å². The Kier molecular flexibility index (Phi) is 4.34. The summed E-state index contributed by atoms with van der Waals surface area (Å²) in [6.07, 6.45) is 2.03. The second-order valence-electron chi connectivity index (χ2n) is 7.87. The Bertz CT molecular complexity index is 1530. The van der Waals surface area contributed by atoms with Crippen molar-refractivity contribution in [2.24, 2.45) is 7.05 Å². The number of halogens is 1. The molecular formula is C27H20FN2O+. The minimum atomic E-state index is -0.535. The van der Waals surface area contributed by atoms with Gasteiger partial charge in [-0.15, -0.1) is 0 Å². The van der Waals surface area contributed by atoms with E-state index in [1.807, 2.05) is 62.6 Å². The normalized spacial score (nSPS) is 11.2. The van der Waals surface area contributed by atoms with Crippen LogP contribution < -0.4 is 4.57 Å². The molecule has 0 bridgehead atoms. The Hall–Kier alpha value is -3.97. The molecule has 4 heteroatoms. The van der Waals surface area contributed by atoms with Crippen LogP contribution in [-0.2, 0) is 7.05 Å². The van der Waals surface area contributed by atoms with Crippen LogP contribution in [0.2, 0.25) is 0 Å². The SMILES string of the molecule is [C-]#[N+]c1c(F)cc2c(oc3c(-c4cc(C)cc[n+]4C)c(C)ccc32)c1-c1ccccc1. The number of hydrogen-bond donors (Lipinski definition) is 0. The maximum atomic E-state index is 15.0. The molecule has 0 aliphatic heterocycles. The lowest BCUT2D eigenvalue weighted by atomic mass is 9.97. The van der Waals surface area contributed by atoms with Crippen LogP contribution in [-0.4, -0.2) is 0 Å². The van der Waals surface area contributed by atoms with Crippen LogP contribution in [0.3, 0.4) is 0 Å². The number of benzene rings is 3. The van der Waals surface area contributed by atoms with Gasteiger partial charge in [0.2, 0.25) is 11.4 Å². The molecule has 3 nitrogen and oxygen atoms in total. The second kappa shape index (κ2) is 7.07. The fourth-order valence-corrected chi connectivity index (χ4v) is 4.25. The Morgan fingerprint density at radius 3 is 2.39 bits per heavy atom. The van der Waals surface area contributed by atoms with Gasteiger partial charge in [0.1, 0.15) is 24.0 Å². The Morgan fingerprint density at radius 2 is 1.65 bits per heavy atom. The van der Waals surface area contributed by atoms with Gasteiger partial charge >= 0.3 is 0 Å². The number of rotatable bonds is 2. The van der Waals surface area contributed by atoms with Crippen molar-refractivity contribution in [3.8, 4) is 22.4 Å². The van der Waals surface area contributed by atoms with Gasteiger partial charge in [-0.3, -0.25) is 0 Å². The smallest absolute Gasteiger partial charge is 0.233 e. The lowest BCUT2D eigenvalue weighted by Gasteiger charge is -2.06. The largest absolute Gasteiger partial charge is 0.456 e. The summed E-state index contributed by atoms with van der Waals surface area (Å²) in [5, 5.41) is 1.51. The average molecular weight is 407 g/mol. The zero-order valence-corrected chi connectivity index (χ0v) is 17.5. The molecule has 0 unspecified atom stereocenters. The van der Waals surface area contributed by atoms with Gasteiger partial charge in [-0.2, -0.15) is 0 Å². The van der Waals surface area contributed by atoms with Crippen LogP contribution >= 0.6 is 0 Å². The third-order valence-electron chi connectivity index (χ3n) is 5.80. The molecule has 0 saturated carbocycles. The molecule has 0 spiro atoms. The van der Waals surface area contributed by atoms with Crippen LogP contribution in [0.5, 0.6) is 0 Å². The van der Waals surface area contributed by atoms with E-state index in [1.165, 1.54) is 6.07 Å². The molecule has 0 N–H and O–H groups in total. The molecule has 0 radical (unpaired) electrons. The van der Waals surface area contributed by atoms with E-state index in [0.29, 0.717) is 22.1 Å². The molecular weight excluding hydrogens is 387 g/mol. The topological polar surface area (TPSA) is 21.4 Å². The average Bonchev–Trinajstić information content (AvgIpc) is 3.13. The number of nitrogens with zero attached hydrogens (tertiary/aromatic N) is 2. The zero-order valence-electron chi connectivity index (χ0n) is 17.5. The van der Waals surface area contributed by atoms with E-state index in [1.54, 1.807) is 0 Å². The van der Waals surface area contributed by atoms with Crippen molar-refractivity contribution < 1.29 is 13.4 Å². The minimum Gasteiger partial charge on any atom is -0.456 e. The highest BCUT2D eigenvalue weighted by molar-refractivity contribution is 6.15. The molecule has 0 amide bonds. The van der Waals surface area contributed by atoms with Gasteiger partial charge in [-0.25, -0.2) is 13.8 Å². The highest BCUT2D eigenvalue weighted by Gasteiger charge is 2.25. The minimum absolute atomic E-state index is 0.0165. The summed E-state index contributed by atoms with van der Waals surface area (Å²) >= 11 is 0. The Labute approximate surface area is 179 Å². The summed E-state index contributed by atoms with van der Waals surface area (Å²) in [5.74, 6) is -0.535. The quantitative estimate of drug-likeness (QED) is 0.227. The van der Waals surface area contributed by atoms with Crippen LogP contribution in [0.1, 0.15) is 11.1 Å². The third kappa shape index (κ3) is 2.90. The van der Waals surface area contributed by atoms with Crippen LogP contribution in [0.15, 0.2) is 71.3 Å². The molecule has 31 heavy (non-hydrogen) atoms. The first-order chi connectivity index (χ1) is 15.0. The standard InChI is InChI=1S/C27H20FN2O/c1-16-12-13-30(4)22(14-16)23-17(2)10-11-19-20-15-21(28)25(29-3)24(27(20)31-26(19)23)18-8-6-5-7-9-18/h5-15H,1-2,4H3/q+1. The van der Waals surface area contributed by atoms with Crippen molar-refractivity contribution in [2.75, 3.05) is 0 Å². The molecule has 5 aromatic rings. The van der Waals surface area contributed by atoms with E-state index >= 15 is 4.39 Å². The summed E-state index contributed by atoms with van der Waals surface area (Å²) in [6.45, 7) is 11.7. The number of aryl methyl sites for hydroxylation is 3. The van der Waals surface area contributed by atoms with E-state index in [0.717, 1.165) is 33.3 Å². The number of pyridine rings is 1. The van der Waals surface area contributed by atoms with E-state index in [2.05, 4.69) is 28.5 Å². The van der Waals surface area contributed by atoms with Gasteiger partial charge in [0, 0.05) is 28.5 Å². The number of furan rings is 1. The van der Waals surface area contributed by atoms with Gasteiger partial charge in [0.05, 0.1) is 12.1 Å². The molecule has 0 atom stereocenters. The fraction of sp³-hybridized carbons (Fsp3) is 0.111. The molecule has 3 aromatic carbocycles. The molecule has 0 aliphatic carbocycles. The highest BCUT2D eigenvalue weighted by Crippen LogP contribution is 2.45. The van der Waals surface area contributed by atoms with Crippen molar-refractivity contribution in [2.45, 2.75) is 13.8 Å². The molecule has 150 valence electrons. The fourth-order valence-electron chi connectivity index (χ4n) is 4.25. The first-order valence-corrected chi connectivity index (χ1v) is 10.1. The van der Waals surface area contributed by atoms with Gasteiger partial charge in [-0.05, 0) is 36.6 Å². The van der Waals surface area contributed by atoms with E-state index in [-0.39, 0.29) is 5.69 Å². The summed E-state index contributed by atoms with van der Waals surface area (Å²) < 4.78 is 23.6. The van der Waals surface area contributed by atoms with Crippen molar-refractivity contribution >= 4 is 27.6 Å². The van der Waals surface area contributed by atoms with Crippen LogP contribution in [0.25, 0.3) is 49.2 Å². The maximum absolute atomic E-state index is 15.0. The molecule has 0 fully saturated rings. The van der Waals surface area contributed by atoms with Crippen molar-refractivity contribution in [3.63, 3.8) is 0 Å². The third-order valence-corrected chi connectivity index (χ3v) is 5.80. The number of hydrogen-bond acceptors (Lipinski definition) is 1. The van der Waals surface area contributed by atoms with E-state index < -0.39 is 5.82 Å². The monoisotopic (exact) mass is 407 g/mol. The summed E-state index contributed by atoms with van der Waals surface area (Å²) in [4.78, 5) is 3.50. The zero-order chi connectivity index (χ0) is 21.7. The maximum Gasteiger partial charge on any atom is 0.233 e. The lowest BCUT2D eigenvalue weighted by Crippen LogP contribution is -2.30. The van der Waals surface area contributed by atoms with Crippen LogP contribution in [0, 0.1) is 26.2 Å². The van der Waals surface area contributed by atoms with Crippen molar-refractivity contribution in [1.29, 1.82) is 0 Å². The first-order valence-electron chi connectivity index (χ1n) is 10.1. The van der Waals surface area contributed by atoms with Gasteiger partial charge < -0.3 is 4.42 Å². The number of aromatic nitrogens is 1. The van der Waals surface area contributed by atoms with Gasteiger partial charge in [-0.1, -0.05) is 42.5 Å². The molecule has 0 saturated heterocycles. The second-order valence-corrected chi connectivity index (χ2v) is 7.87. The van der Waals surface area contributed by atoms with Crippen molar-refractivity contribution in [3.05, 3.63) is 95.2 Å². The first kappa shape index (κ1) is 19.0.